The second-order valence-corrected chi connectivity index (χ2v) is 5.91. The number of nitrogens with zero attached hydrogens (tertiary/aromatic N) is 2. The molecule has 0 aliphatic carbocycles. The Morgan fingerprint density at radius 2 is 2.19 bits per heavy atom. The highest BCUT2D eigenvalue weighted by molar-refractivity contribution is 14.1. The lowest BCUT2D eigenvalue weighted by Crippen LogP contribution is -2.34. The van der Waals surface area contributed by atoms with Crippen LogP contribution in [-0.4, -0.2) is 26.8 Å². The molecule has 2 rings (SSSR count). The lowest BCUT2D eigenvalue weighted by molar-refractivity contribution is -0.139. The van der Waals surface area contributed by atoms with Crippen molar-refractivity contribution in [2.24, 2.45) is 7.05 Å². The van der Waals surface area contributed by atoms with E-state index in [9.17, 15) is 14.7 Å². The third kappa shape index (κ3) is 3.73. The van der Waals surface area contributed by atoms with Crippen molar-refractivity contribution in [2.75, 3.05) is 0 Å². The van der Waals surface area contributed by atoms with Crippen molar-refractivity contribution in [3.8, 4) is 0 Å². The summed E-state index contributed by atoms with van der Waals surface area (Å²) >= 11 is 7.86. The standard InChI is InChI=1S/C13H11ClIN3O3/c1-18-6-7(5-16-18)11(13(20)21)17-12(19)9-4-8(14)2-3-10(9)15/h2-6,11H,1H3,(H,17,19)(H,20,21). The van der Waals surface area contributed by atoms with Crippen molar-refractivity contribution >= 4 is 46.1 Å². The van der Waals surface area contributed by atoms with Crippen LogP contribution in [0.4, 0.5) is 0 Å². The van der Waals surface area contributed by atoms with Crippen LogP contribution in [0, 0.1) is 3.57 Å². The molecule has 1 aromatic carbocycles. The number of carboxylic acid groups (broad SMARTS) is 1. The van der Waals surface area contributed by atoms with Crippen molar-refractivity contribution in [1.29, 1.82) is 0 Å². The number of nitrogens with one attached hydrogen (secondary N) is 1. The van der Waals surface area contributed by atoms with E-state index in [0.717, 1.165) is 0 Å². The quantitative estimate of drug-likeness (QED) is 0.745. The van der Waals surface area contributed by atoms with Gasteiger partial charge >= 0.3 is 5.97 Å². The molecule has 0 bridgehead atoms. The molecule has 8 heteroatoms. The Hall–Kier alpha value is -1.61. The summed E-state index contributed by atoms with van der Waals surface area (Å²) in [5.74, 6) is -1.66. The molecule has 0 aliphatic heterocycles. The first-order valence-corrected chi connectivity index (χ1v) is 7.31. The van der Waals surface area contributed by atoms with E-state index >= 15 is 0 Å². The van der Waals surface area contributed by atoms with Crippen molar-refractivity contribution in [2.45, 2.75) is 6.04 Å². The fourth-order valence-electron chi connectivity index (χ4n) is 1.76. The van der Waals surface area contributed by atoms with Gasteiger partial charge in [0.1, 0.15) is 0 Å². The van der Waals surface area contributed by atoms with E-state index in [1.807, 2.05) is 22.6 Å². The highest BCUT2D eigenvalue weighted by Gasteiger charge is 2.24. The predicted octanol–water partition coefficient (Wildman–Crippen LogP) is 2.23. The van der Waals surface area contributed by atoms with Crippen LogP contribution in [0.5, 0.6) is 0 Å². The van der Waals surface area contributed by atoms with Crippen molar-refractivity contribution in [1.82, 2.24) is 15.1 Å². The highest BCUT2D eigenvalue weighted by atomic mass is 127. The van der Waals surface area contributed by atoms with E-state index in [1.165, 1.54) is 16.9 Å². The molecule has 1 unspecified atom stereocenters. The van der Waals surface area contributed by atoms with Gasteiger partial charge in [-0.2, -0.15) is 5.10 Å². The van der Waals surface area contributed by atoms with Gasteiger partial charge in [-0.05, 0) is 40.8 Å². The lowest BCUT2D eigenvalue weighted by atomic mass is 10.1. The summed E-state index contributed by atoms with van der Waals surface area (Å²) in [4.78, 5) is 23.6. The number of carbonyl (C=O) groups is 2. The monoisotopic (exact) mass is 419 g/mol. The largest absolute Gasteiger partial charge is 0.479 e. The minimum absolute atomic E-state index is 0.332. The molecule has 1 aromatic heterocycles. The fraction of sp³-hybridized carbons (Fsp3) is 0.154. The Morgan fingerprint density at radius 3 is 2.76 bits per heavy atom. The Bertz CT molecular complexity index is 702. The molecule has 0 spiro atoms. The number of hydrogen-bond donors (Lipinski definition) is 2. The van der Waals surface area contributed by atoms with Crippen LogP contribution in [0.1, 0.15) is 22.0 Å². The van der Waals surface area contributed by atoms with E-state index in [0.29, 0.717) is 19.7 Å². The summed E-state index contributed by atoms with van der Waals surface area (Å²) in [5, 5.41) is 16.1. The van der Waals surface area contributed by atoms with Gasteiger partial charge in [-0.3, -0.25) is 9.48 Å². The van der Waals surface area contributed by atoms with Gasteiger partial charge in [-0.25, -0.2) is 4.79 Å². The molecule has 1 amide bonds. The van der Waals surface area contributed by atoms with Gasteiger partial charge in [0.05, 0.1) is 11.8 Å². The molecule has 1 atom stereocenters. The smallest absolute Gasteiger partial charge is 0.331 e. The molecule has 0 aliphatic rings. The van der Waals surface area contributed by atoms with E-state index in [4.69, 9.17) is 11.6 Å². The van der Waals surface area contributed by atoms with Crippen LogP contribution in [-0.2, 0) is 11.8 Å². The van der Waals surface area contributed by atoms with Gasteiger partial charge in [0, 0.05) is 27.4 Å². The zero-order valence-corrected chi connectivity index (χ0v) is 13.8. The van der Waals surface area contributed by atoms with E-state index in [1.54, 1.807) is 25.4 Å². The number of amides is 1. The molecular formula is C13H11ClIN3O3. The number of benzene rings is 1. The minimum atomic E-state index is -1.17. The summed E-state index contributed by atoms with van der Waals surface area (Å²) in [5.41, 5.74) is 0.730. The van der Waals surface area contributed by atoms with Crippen molar-refractivity contribution in [3.05, 3.63) is 50.3 Å². The maximum absolute atomic E-state index is 12.2. The maximum atomic E-state index is 12.2. The SMILES string of the molecule is Cn1cc(C(NC(=O)c2cc(Cl)ccc2I)C(=O)O)cn1. The molecule has 21 heavy (non-hydrogen) atoms. The first kappa shape index (κ1) is 15.8. The zero-order valence-electron chi connectivity index (χ0n) is 10.9. The van der Waals surface area contributed by atoms with E-state index < -0.39 is 17.9 Å². The summed E-state index contributed by atoms with van der Waals surface area (Å²) in [7, 11) is 1.67. The molecule has 0 saturated heterocycles. The molecular weight excluding hydrogens is 409 g/mol. The van der Waals surface area contributed by atoms with Crippen LogP contribution >= 0.6 is 34.2 Å². The van der Waals surface area contributed by atoms with Crippen LogP contribution in [0.15, 0.2) is 30.6 Å². The van der Waals surface area contributed by atoms with Gasteiger partial charge < -0.3 is 10.4 Å². The van der Waals surface area contributed by atoms with Gasteiger partial charge in [0.15, 0.2) is 6.04 Å². The van der Waals surface area contributed by atoms with Crippen LogP contribution in [0.3, 0.4) is 0 Å². The number of rotatable bonds is 4. The van der Waals surface area contributed by atoms with Crippen LogP contribution in [0.25, 0.3) is 0 Å². The third-order valence-electron chi connectivity index (χ3n) is 2.75. The first-order valence-electron chi connectivity index (χ1n) is 5.85. The Morgan fingerprint density at radius 1 is 1.48 bits per heavy atom. The number of hydrogen-bond acceptors (Lipinski definition) is 3. The molecule has 2 aromatic rings. The topological polar surface area (TPSA) is 84.2 Å². The zero-order chi connectivity index (χ0) is 15.6. The Labute approximate surface area is 139 Å². The number of aliphatic carboxylic acids is 1. The van der Waals surface area contributed by atoms with Gasteiger partial charge in [0.2, 0.25) is 0 Å². The second-order valence-electron chi connectivity index (χ2n) is 4.32. The minimum Gasteiger partial charge on any atom is -0.479 e. The highest BCUT2D eigenvalue weighted by Crippen LogP contribution is 2.19. The van der Waals surface area contributed by atoms with Crippen molar-refractivity contribution in [3.63, 3.8) is 0 Å². The fourth-order valence-corrected chi connectivity index (χ4v) is 2.51. The number of carboxylic acids is 1. The molecule has 2 N–H and O–H groups in total. The van der Waals surface area contributed by atoms with Gasteiger partial charge in [-0.1, -0.05) is 11.6 Å². The number of halogens is 2. The summed E-state index contributed by atoms with van der Waals surface area (Å²) < 4.78 is 2.16. The first-order chi connectivity index (χ1) is 9.88. The summed E-state index contributed by atoms with van der Waals surface area (Å²) in [6, 6.07) is 3.69. The van der Waals surface area contributed by atoms with Crippen LogP contribution in [0.2, 0.25) is 5.02 Å². The molecule has 110 valence electrons. The lowest BCUT2D eigenvalue weighted by Gasteiger charge is -2.13. The normalized spacial score (nSPS) is 12.0. The molecule has 0 fully saturated rings. The maximum Gasteiger partial charge on any atom is 0.331 e. The average molecular weight is 420 g/mol. The van der Waals surface area contributed by atoms with Gasteiger partial charge in [0.25, 0.3) is 5.91 Å². The third-order valence-corrected chi connectivity index (χ3v) is 3.93. The van der Waals surface area contributed by atoms with Crippen LogP contribution < -0.4 is 5.32 Å². The second kappa shape index (κ2) is 6.44. The van der Waals surface area contributed by atoms with E-state index in [-0.39, 0.29) is 0 Å². The Balaban J connectivity index is 2.27. The average Bonchev–Trinajstić information content (AvgIpc) is 2.84. The Kier molecular flexibility index (Phi) is 4.84. The predicted molar refractivity (Wildman–Crippen MR) is 85.2 cm³/mol. The summed E-state index contributed by atoms with van der Waals surface area (Å²) in [6.45, 7) is 0. The number of aromatic nitrogens is 2. The molecule has 1 heterocycles. The molecule has 0 radical (unpaired) electrons. The molecule has 6 nitrogen and oxygen atoms in total. The number of aryl methyl sites for hydroxylation is 1. The summed E-state index contributed by atoms with van der Waals surface area (Å²) in [6.07, 6.45) is 2.95. The number of carbonyl (C=O) groups excluding carboxylic acids is 1. The van der Waals surface area contributed by atoms with Crippen molar-refractivity contribution < 1.29 is 14.7 Å². The van der Waals surface area contributed by atoms with E-state index in [2.05, 4.69) is 10.4 Å². The molecule has 0 saturated carbocycles. The van der Waals surface area contributed by atoms with Gasteiger partial charge in [-0.15, -0.1) is 0 Å².